The van der Waals surface area contributed by atoms with Crippen molar-refractivity contribution in [3.05, 3.63) is 0 Å². The van der Waals surface area contributed by atoms with Gasteiger partial charge in [-0.25, -0.2) is 0 Å². The zero-order chi connectivity index (χ0) is 13.5. The van der Waals surface area contributed by atoms with Gasteiger partial charge in [-0.3, -0.25) is 4.79 Å². The van der Waals surface area contributed by atoms with Gasteiger partial charge < -0.3 is 15.1 Å². The highest BCUT2D eigenvalue weighted by atomic mass is 32.2. The molecule has 18 heavy (non-hydrogen) atoms. The van der Waals surface area contributed by atoms with Gasteiger partial charge in [0.05, 0.1) is 18.5 Å². The third-order valence-electron chi connectivity index (χ3n) is 3.67. The van der Waals surface area contributed by atoms with Crippen LogP contribution in [0.4, 0.5) is 0 Å². The molecule has 1 atom stereocenters. The standard InChI is InChI=1S/C13H25NO3S/c1-10-3-5-11(6-4-10)14(2)13(17)9-18-8-12(16)7-15/h10-12,15-16H,3-9H2,1-2H3. The first-order valence-corrected chi connectivity index (χ1v) is 7.82. The molecule has 0 aromatic heterocycles. The van der Waals surface area contributed by atoms with Gasteiger partial charge in [0.1, 0.15) is 0 Å². The zero-order valence-corrected chi connectivity index (χ0v) is 12.2. The molecule has 0 spiro atoms. The minimum Gasteiger partial charge on any atom is -0.394 e. The lowest BCUT2D eigenvalue weighted by Crippen LogP contribution is -2.40. The van der Waals surface area contributed by atoms with Crippen LogP contribution >= 0.6 is 11.8 Å². The Kier molecular flexibility index (Phi) is 7.04. The maximum absolute atomic E-state index is 12.0. The number of aliphatic hydroxyl groups excluding tert-OH is 2. The second-order valence-corrected chi connectivity index (χ2v) is 6.30. The van der Waals surface area contributed by atoms with Crippen LogP contribution in [-0.2, 0) is 4.79 Å². The Hall–Kier alpha value is -0.260. The summed E-state index contributed by atoms with van der Waals surface area (Å²) in [4.78, 5) is 13.8. The van der Waals surface area contributed by atoms with Crippen molar-refractivity contribution in [1.82, 2.24) is 4.90 Å². The molecule has 0 aliphatic heterocycles. The number of carbonyl (C=O) groups excluding carboxylic acids is 1. The van der Waals surface area contributed by atoms with E-state index in [2.05, 4.69) is 6.92 Å². The van der Waals surface area contributed by atoms with E-state index < -0.39 is 6.10 Å². The van der Waals surface area contributed by atoms with E-state index in [0.717, 1.165) is 18.8 Å². The molecule has 0 bridgehead atoms. The third kappa shape index (κ3) is 5.16. The number of thioether (sulfide) groups is 1. The normalized spacial score (nSPS) is 25.8. The molecule has 1 aliphatic rings. The van der Waals surface area contributed by atoms with E-state index in [-0.39, 0.29) is 12.5 Å². The lowest BCUT2D eigenvalue weighted by molar-refractivity contribution is -0.129. The van der Waals surface area contributed by atoms with E-state index in [9.17, 15) is 9.90 Å². The molecule has 1 rings (SSSR count). The molecule has 1 fully saturated rings. The SMILES string of the molecule is CC1CCC(N(C)C(=O)CSCC(O)CO)CC1. The molecule has 1 unspecified atom stereocenters. The summed E-state index contributed by atoms with van der Waals surface area (Å²) in [5.74, 6) is 1.72. The molecule has 0 radical (unpaired) electrons. The number of hydrogen-bond acceptors (Lipinski definition) is 4. The lowest BCUT2D eigenvalue weighted by Gasteiger charge is -2.33. The first kappa shape index (κ1) is 15.8. The quantitative estimate of drug-likeness (QED) is 0.762. The van der Waals surface area contributed by atoms with Gasteiger partial charge in [-0.15, -0.1) is 11.8 Å². The van der Waals surface area contributed by atoms with Crippen molar-refractivity contribution < 1.29 is 15.0 Å². The summed E-state index contributed by atoms with van der Waals surface area (Å²) in [6.45, 7) is 2.03. The summed E-state index contributed by atoms with van der Waals surface area (Å²) in [6, 6.07) is 0.386. The first-order chi connectivity index (χ1) is 8.54. The number of aliphatic hydroxyl groups is 2. The van der Waals surface area contributed by atoms with Crippen molar-refractivity contribution in [1.29, 1.82) is 0 Å². The van der Waals surface area contributed by atoms with E-state index in [1.807, 2.05) is 11.9 Å². The lowest BCUT2D eigenvalue weighted by atomic mass is 9.87. The summed E-state index contributed by atoms with van der Waals surface area (Å²) in [6.07, 6.45) is 3.90. The highest BCUT2D eigenvalue weighted by Crippen LogP contribution is 2.26. The molecule has 0 saturated heterocycles. The van der Waals surface area contributed by atoms with E-state index in [4.69, 9.17) is 5.11 Å². The monoisotopic (exact) mass is 275 g/mol. The zero-order valence-electron chi connectivity index (χ0n) is 11.3. The van der Waals surface area contributed by atoms with E-state index in [1.165, 1.54) is 24.6 Å². The smallest absolute Gasteiger partial charge is 0.232 e. The van der Waals surface area contributed by atoms with Crippen molar-refractivity contribution in [2.75, 3.05) is 25.2 Å². The molecule has 2 N–H and O–H groups in total. The third-order valence-corrected chi connectivity index (χ3v) is 4.74. The molecule has 106 valence electrons. The number of nitrogens with zero attached hydrogens (tertiary/aromatic N) is 1. The van der Waals surface area contributed by atoms with Gasteiger partial charge in [-0.1, -0.05) is 6.92 Å². The Morgan fingerprint density at radius 1 is 1.39 bits per heavy atom. The van der Waals surface area contributed by atoms with Gasteiger partial charge in [0.25, 0.3) is 0 Å². The van der Waals surface area contributed by atoms with Crippen LogP contribution < -0.4 is 0 Å². The van der Waals surface area contributed by atoms with Crippen LogP contribution in [0.1, 0.15) is 32.6 Å². The van der Waals surface area contributed by atoms with Crippen LogP contribution in [-0.4, -0.2) is 58.3 Å². The van der Waals surface area contributed by atoms with Crippen molar-refractivity contribution in [2.24, 2.45) is 5.92 Å². The predicted molar refractivity (Wildman–Crippen MR) is 74.6 cm³/mol. The van der Waals surface area contributed by atoms with E-state index >= 15 is 0 Å². The molecule has 0 aromatic carbocycles. The Morgan fingerprint density at radius 2 is 2.00 bits per heavy atom. The molecule has 1 aliphatic carbocycles. The molecular formula is C13H25NO3S. The van der Waals surface area contributed by atoms with Crippen molar-refractivity contribution in [3.8, 4) is 0 Å². The van der Waals surface area contributed by atoms with Gasteiger partial charge in [0.2, 0.25) is 5.91 Å². The van der Waals surface area contributed by atoms with E-state index in [0.29, 0.717) is 17.5 Å². The summed E-state index contributed by atoms with van der Waals surface area (Å²) in [5, 5.41) is 17.9. The number of amides is 1. The molecule has 1 amide bonds. The average Bonchev–Trinajstić information content (AvgIpc) is 2.38. The fraction of sp³-hybridized carbons (Fsp3) is 0.923. The number of rotatable bonds is 6. The predicted octanol–water partition coefficient (Wildman–Crippen LogP) is 1.11. The molecule has 4 nitrogen and oxygen atoms in total. The summed E-state index contributed by atoms with van der Waals surface area (Å²) < 4.78 is 0. The van der Waals surface area contributed by atoms with Crippen LogP contribution in [0.3, 0.4) is 0 Å². The largest absolute Gasteiger partial charge is 0.394 e. The maximum Gasteiger partial charge on any atom is 0.232 e. The van der Waals surface area contributed by atoms with Crippen LogP contribution in [0, 0.1) is 5.92 Å². The maximum atomic E-state index is 12.0. The van der Waals surface area contributed by atoms with Crippen molar-refractivity contribution in [2.45, 2.75) is 44.8 Å². The van der Waals surface area contributed by atoms with E-state index in [1.54, 1.807) is 0 Å². The fourth-order valence-electron chi connectivity index (χ4n) is 2.27. The Labute approximate surface area is 114 Å². The van der Waals surface area contributed by atoms with Crippen LogP contribution in [0.2, 0.25) is 0 Å². The van der Waals surface area contributed by atoms with Crippen LogP contribution in [0.5, 0.6) is 0 Å². The fourth-order valence-corrected chi connectivity index (χ4v) is 3.14. The Morgan fingerprint density at radius 3 is 2.56 bits per heavy atom. The summed E-state index contributed by atoms with van der Waals surface area (Å²) >= 11 is 1.39. The molecule has 1 saturated carbocycles. The highest BCUT2D eigenvalue weighted by molar-refractivity contribution is 7.99. The van der Waals surface area contributed by atoms with Crippen molar-refractivity contribution >= 4 is 17.7 Å². The molecule has 0 aromatic rings. The first-order valence-electron chi connectivity index (χ1n) is 6.67. The number of hydrogen-bond donors (Lipinski definition) is 2. The van der Waals surface area contributed by atoms with Crippen molar-refractivity contribution in [3.63, 3.8) is 0 Å². The number of carbonyl (C=O) groups is 1. The minimum atomic E-state index is -0.719. The van der Waals surface area contributed by atoms with Crippen LogP contribution in [0.25, 0.3) is 0 Å². The van der Waals surface area contributed by atoms with Gasteiger partial charge in [0.15, 0.2) is 0 Å². The molecule has 0 heterocycles. The van der Waals surface area contributed by atoms with Crippen LogP contribution in [0.15, 0.2) is 0 Å². The highest BCUT2D eigenvalue weighted by Gasteiger charge is 2.24. The summed E-state index contributed by atoms with van der Waals surface area (Å²) in [5.41, 5.74) is 0. The Balaban J connectivity index is 2.24. The van der Waals surface area contributed by atoms with Gasteiger partial charge in [-0.05, 0) is 31.6 Å². The molecule has 5 heteroatoms. The topological polar surface area (TPSA) is 60.8 Å². The minimum absolute atomic E-state index is 0.129. The Bertz CT molecular complexity index is 255. The van der Waals surface area contributed by atoms with Gasteiger partial charge in [0, 0.05) is 18.8 Å². The second-order valence-electron chi connectivity index (χ2n) is 5.27. The van der Waals surface area contributed by atoms with Gasteiger partial charge in [-0.2, -0.15) is 0 Å². The second kappa shape index (κ2) is 8.02. The molecular weight excluding hydrogens is 250 g/mol. The average molecular weight is 275 g/mol. The summed E-state index contributed by atoms with van der Waals surface area (Å²) in [7, 11) is 1.88. The van der Waals surface area contributed by atoms with Gasteiger partial charge >= 0.3 is 0 Å².